The summed E-state index contributed by atoms with van der Waals surface area (Å²) in [5.41, 5.74) is 3.62. The number of nitrogens with zero attached hydrogens (tertiary/aromatic N) is 4. The monoisotopic (exact) mass is 465 g/mol. The summed E-state index contributed by atoms with van der Waals surface area (Å²) in [4.78, 5) is 30.9. The number of carbonyl (C=O) groups is 2. The summed E-state index contributed by atoms with van der Waals surface area (Å²) in [5.74, 6) is 1.13. The van der Waals surface area contributed by atoms with Gasteiger partial charge in [-0.15, -0.1) is 0 Å². The topological polar surface area (TPSA) is 115 Å². The number of carboxylic acid groups (broad SMARTS) is 1. The van der Waals surface area contributed by atoms with Gasteiger partial charge in [0.15, 0.2) is 5.82 Å². The molecule has 3 aromatic heterocycles. The summed E-state index contributed by atoms with van der Waals surface area (Å²) >= 11 is 0. The summed E-state index contributed by atoms with van der Waals surface area (Å²) in [7, 11) is 3.50. The maximum Gasteiger partial charge on any atom is 0.404 e. The highest BCUT2D eigenvalue weighted by molar-refractivity contribution is 6.00. The van der Waals surface area contributed by atoms with Crippen LogP contribution >= 0.6 is 0 Å². The number of likely N-dealkylation sites (tertiary alicyclic amines) is 1. The Kier molecular flexibility index (Phi) is 5.43. The fraction of sp³-hybridized carbons (Fsp3) is 0.375. The lowest BCUT2D eigenvalue weighted by atomic mass is 10.0. The first kappa shape index (κ1) is 21.9. The zero-order valence-corrected chi connectivity index (χ0v) is 19.4. The number of aryl methyl sites for hydroxylation is 2. The quantitative estimate of drug-likeness (QED) is 0.465. The summed E-state index contributed by atoms with van der Waals surface area (Å²) in [6.07, 6.45) is 2.04. The van der Waals surface area contributed by atoms with E-state index < -0.39 is 6.09 Å². The smallest absolute Gasteiger partial charge is 0.404 e. The van der Waals surface area contributed by atoms with E-state index in [1.807, 2.05) is 23.7 Å². The van der Waals surface area contributed by atoms with Gasteiger partial charge in [-0.3, -0.25) is 4.79 Å². The molecule has 2 amide bonds. The molecule has 10 nitrogen and oxygen atoms in total. The van der Waals surface area contributed by atoms with E-state index in [9.17, 15) is 9.59 Å². The fourth-order valence-electron chi connectivity index (χ4n) is 4.93. The van der Waals surface area contributed by atoms with E-state index in [-0.39, 0.29) is 11.9 Å². The maximum absolute atomic E-state index is 13.3. The molecular weight excluding hydrogens is 438 g/mol. The van der Waals surface area contributed by atoms with Gasteiger partial charge in [0.25, 0.3) is 5.91 Å². The van der Waals surface area contributed by atoms with E-state index >= 15 is 0 Å². The number of fused-ring (bicyclic) bond motifs is 2. The molecule has 0 bridgehead atoms. The molecule has 0 spiro atoms. The van der Waals surface area contributed by atoms with E-state index in [1.54, 1.807) is 30.4 Å². The summed E-state index contributed by atoms with van der Waals surface area (Å²) in [6.45, 7) is 3.68. The van der Waals surface area contributed by atoms with Gasteiger partial charge in [0.05, 0.1) is 24.6 Å². The Hall–Kier alpha value is -3.95. The van der Waals surface area contributed by atoms with Gasteiger partial charge < -0.3 is 33.6 Å². The molecule has 4 aromatic rings. The molecule has 0 radical (unpaired) electrons. The third kappa shape index (κ3) is 3.55. The summed E-state index contributed by atoms with van der Waals surface area (Å²) in [5, 5.41) is 12.5. The first-order valence-electron chi connectivity index (χ1n) is 11.3. The van der Waals surface area contributed by atoms with Crippen molar-refractivity contribution in [3.05, 3.63) is 36.1 Å². The van der Waals surface area contributed by atoms with Crippen molar-refractivity contribution in [2.45, 2.75) is 32.4 Å². The third-order valence-corrected chi connectivity index (χ3v) is 6.49. The van der Waals surface area contributed by atoms with Gasteiger partial charge in [-0.25, -0.2) is 9.78 Å². The standard InChI is InChI=1S/C24H27N5O5/c1-4-29-18(11-14-7-9-34-23(14)29)21-26-17-10-15(12-19(33-3)20(17)27(21)2)22(30)28-8-5-6-16(13-28)25-24(31)32/h7,9-12,16,25H,4-6,8,13H2,1-3H3,(H,31,32). The minimum atomic E-state index is -1.08. The normalized spacial score (nSPS) is 16.3. The Labute approximate surface area is 195 Å². The highest BCUT2D eigenvalue weighted by Crippen LogP contribution is 2.34. The molecule has 1 unspecified atom stereocenters. The number of piperidine rings is 1. The van der Waals surface area contributed by atoms with Crippen molar-refractivity contribution in [2.24, 2.45) is 7.05 Å². The van der Waals surface area contributed by atoms with Crippen molar-refractivity contribution in [2.75, 3.05) is 20.2 Å². The molecule has 1 atom stereocenters. The van der Waals surface area contributed by atoms with Crippen LogP contribution in [-0.4, -0.2) is 62.4 Å². The molecule has 4 heterocycles. The van der Waals surface area contributed by atoms with Crippen molar-refractivity contribution in [1.29, 1.82) is 0 Å². The molecule has 2 N–H and O–H groups in total. The zero-order valence-electron chi connectivity index (χ0n) is 19.4. The second kappa shape index (κ2) is 8.44. The molecule has 1 aromatic carbocycles. The van der Waals surface area contributed by atoms with E-state index in [0.29, 0.717) is 36.3 Å². The number of methoxy groups -OCH3 is 1. The molecule has 1 aliphatic rings. The van der Waals surface area contributed by atoms with Crippen LogP contribution < -0.4 is 10.1 Å². The Morgan fingerprint density at radius 3 is 2.88 bits per heavy atom. The van der Waals surface area contributed by atoms with E-state index in [1.165, 1.54) is 0 Å². The molecule has 5 rings (SSSR count). The maximum atomic E-state index is 13.3. The summed E-state index contributed by atoms with van der Waals surface area (Å²) in [6, 6.07) is 7.21. The third-order valence-electron chi connectivity index (χ3n) is 6.49. The number of hydrogen-bond donors (Lipinski definition) is 2. The van der Waals surface area contributed by atoms with Crippen molar-refractivity contribution < 1.29 is 23.8 Å². The predicted octanol–water partition coefficient (Wildman–Crippen LogP) is 3.69. The number of ether oxygens (including phenoxy) is 1. The first-order valence-corrected chi connectivity index (χ1v) is 11.3. The number of nitrogens with one attached hydrogen (secondary N) is 1. The van der Waals surface area contributed by atoms with Crippen LogP contribution in [0.1, 0.15) is 30.1 Å². The molecule has 1 saturated heterocycles. The highest BCUT2D eigenvalue weighted by atomic mass is 16.5. The van der Waals surface area contributed by atoms with Crippen LogP contribution in [0.4, 0.5) is 4.79 Å². The van der Waals surface area contributed by atoms with Crippen molar-refractivity contribution >= 4 is 34.1 Å². The molecule has 0 aliphatic carbocycles. The zero-order chi connectivity index (χ0) is 24.0. The van der Waals surface area contributed by atoms with Crippen LogP contribution in [0.25, 0.3) is 33.7 Å². The molecular formula is C24H27N5O5. The van der Waals surface area contributed by atoms with Crippen LogP contribution in [-0.2, 0) is 13.6 Å². The van der Waals surface area contributed by atoms with Crippen LogP contribution in [0.3, 0.4) is 0 Å². The van der Waals surface area contributed by atoms with Gasteiger partial charge in [0.1, 0.15) is 11.3 Å². The second-order valence-electron chi connectivity index (χ2n) is 8.54. The van der Waals surface area contributed by atoms with Crippen LogP contribution in [0, 0.1) is 0 Å². The fourth-order valence-corrected chi connectivity index (χ4v) is 4.93. The molecule has 178 valence electrons. The number of rotatable bonds is 5. The van der Waals surface area contributed by atoms with Crippen molar-refractivity contribution in [1.82, 2.24) is 24.3 Å². The van der Waals surface area contributed by atoms with Crippen LogP contribution in [0.2, 0.25) is 0 Å². The number of amides is 2. The summed E-state index contributed by atoms with van der Waals surface area (Å²) < 4.78 is 15.4. The predicted molar refractivity (Wildman–Crippen MR) is 126 cm³/mol. The lowest BCUT2D eigenvalue weighted by molar-refractivity contribution is 0.0692. The lowest BCUT2D eigenvalue weighted by Gasteiger charge is -2.32. The molecule has 10 heteroatoms. The van der Waals surface area contributed by atoms with Crippen LogP contribution in [0.15, 0.2) is 34.9 Å². The minimum absolute atomic E-state index is 0.168. The SMILES string of the molecule is CCn1c(-c2nc3cc(C(=O)N4CCCC(NC(=O)O)C4)cc(OC)c3n2C)cc2ccoc21. The van der Waals surface area contributed by atoms with E-state index in [0.717, 1.165) is 41.1 Å². The van der Waals surface area contributed by atoms with E-state index in [2.05, 4.69) is 16.8 Å². The molecule has 1 fully saturated rings. The Balaban J connectivity index is 1.55. The average molecular weight is 466 g/mol. The number of furan rings is 1. The van der Waals surface area contributed by atoms with Gasteiger partial charge in [-0.1, -0.05) is 0 Å². The largest absolute Gasteiger partial charge is 0.494 e. The molecule has 1 aliphatic heterocycles. The Morgan fingerprint density at radius 2 is 2.15 bits per heavy atom. The van der Waals surface area contributed by atoms with Crippen LogP contribution in [0.5, 0.6) is 5.75 Å². The number of imidazole rings is 1. The first-order chi connectivity index (χ1) is 16.4. The van der Waals surface area contributed by atoms with Gasteiger partial charge in [-0.05, 0) is 44.0 Å². The van der Waals surface area contributed by atoms with Gasteiger partial charge in [0, 0.05) is 43.7 Å². The van der Waals surface area contributed by atoms with Gasteiger partial charge in [-0.2, -0.15) is 0 Å². The van der Waals surface area contributed by atoms with Crippen molar-refractivity contribution in [3.8, 4) is 17.3 Å². The second-order valence-corrected chi connectivity index (χ2v) is 8.54. The lowest BCUT2D eigenvalue weighted by Crippen LogP contribution is -2.49. The number of hydrogen-bond acceptors (Lipinski definition) is 5. The van der Waals surface area contributed by atoms with Crippen molar-refractivity contribution in [3.63, 3.8) is 0 Å². The minimum Gasteiger partial charge on any atom is -0.494 e. The van der Waals surface area contributed by atoms with E-state index in [4.69, 9.17) is 19.2 Å². The average Bonchev–Trinajstić information content (AvgIpc) is 3.50. The number of benzene rings is 1. The molecule has 34 heavy (non-hydrogen) atoms. The van der Waals surface area contributed by atoms with Gasteiger partial charge >= 0.3 is 6.09 Å². The Morgan fingerprint density at radius 1 is 1.32 bits per heavy atom. The molecule has 0 saturated carbocycles. The number of aromatic nitrogens is 3. The van der Waals surface area contributed by atoms with Gasteiger partial charge in [0.2, 0.25) is 5.71 Å². The highest BCUT2D eigenvalue weighted by Gasteiger charge is 2.27. The Bertz CT molecular complexity index is 1400. The number of carbonyl (C=O) groups excluding carboxylic acids is 1.